The Kier molecular flexibility index (Phi) is 4.53. The third-order valence-electron chi connectivity index (χ3n) is 2.84. The summed E-state index contributed by atoms with van der Waals surface area (Å²) in [5, 5.41) is 3.38. The Bertz CT molecular complexity index is 564. The van der Waals surface area contributed by atoms with Crippen LogP contribution in [0.25, 0.3) is 6.08 Å². The molecule has 104 valence electrons. The van der Waals surface area contributed by atoms with Gasteiger partial charge < -0.3 is 10.1 Å². The molecule has 20 heavy (non-hydrogen) atoms. The third kappa shape index (κ3) is 3.05. The fourth-order valence-electron chi connectivity index (χ4n) is 1.84. The molecule has 1 aromatic rings. The highest BCUT2D eigenvalue weighted by Gasteiger charge is 2.28. The van der Waals surface area contributed by atoms with E-state index in [-0.39, 0.29) is 5.91 Å². The van der Waals surface area contributed by atoms with E-state index >= 15 is 0 Å². The molecule has 1 aromatic carbocycles. The van der Waals surface area contributed by atoms with E-state index in [1.807, 2.05) is 31.2 Å². The van der Waals surface area contributed by atoms with Gasteiger partial charge in [0.15, 0.2) is 5.11 Å². The highest BCUT2D eigenvalue weighted by Crippen LogP contribution is 2.17. The van der Waals surface area contributed by atoms with Crippen LogP contribution in [0.5, 0.6) is 5.75 Å². The van der Waals surface area contributed by atoms with Crippen molar-refractivity contribution in [1.29, 1.82) is 0 Å². The van der Waals surface area contributed by atoms with Crippen LogP contribution in [0.15, 0.2) is 42.6 Å². The van der Waals surface area contributed by atoms with Gasteiger partial charge in [-0.15, -0.1) is 0 Å². The normalized spacial score (nSPS) is 16.4. The summed E-state index contributed by atoms with van der Waals surface area (Å²) in [6.45, 7) is 6.52. The van der Waals surface area contributed by atoms with E-state index in [0.29, 0.717) is 24.0 Å². The molecular formula is C15H16N2O2S. The van der Waals surface area contributed by atoms with Crippen LogP contribution >= 0.6 is 12.2 Å². The molecule has 1 saturated heterocycles. The van der Waals surface area contributed by atoms with E-state index in [1.165, 1.54) is 4.90 Å². The third-order valence-corrected chi connectivity index (χ3v) is 3.16. The lowest BCUT2D eigenvalue weighted by Gasteiger charge is -2.08. The van der Waals surface area contributed by atoms with Crippen LogP contribution in [0.3, 0.4) is 0 Å². The minimum absolute atomic E-state index is 0.0931. The second-order valence-electron chi connectivity index (χ2n) is 4.21. The standard InChI is InChI=1S/C15H16N2O2S/c1-3-9-19-12-7-5-11(6-8-12)10-13-14(18)17(4-2)15(20)16-13/h3,5-8,10H,1,4,9H2,2H3,(H,16,20)/b13-10-. The summed E-state index contributed by atoms with van der Waals surface area (Å²) in [5.41, 5.74) is 1.41. The number of carbonyl (C=O) groups is 1. The van der Waals surface area contributed by atoms with Crippen LogP contribution in [0, 0.1) is 0 Å². The van der Waals surface area contributed by atoms with Gasteiger partial charge in [-0.3, -0.25) is 9.69 Å². The highest BCUT2D eigenvalue weighted by molar-refractivity contribution is 7.80. The van der Waals surface area contributed by atoms with E-state index < -0.39 is 0 Å². The second kappa shape index (κ2) is 6.34. The van der Waals surface area contributed by atoms with Gasteiger partial charge in [-0.1, -0.05) is 24.8 Å². The summed E-state index contributed by atoms with van der Waals surface area (Å²) in [4.78, 5) is 13.6. The minimum Gasteiger partial charge on any atom is -0.490 e. The zero-order valence-electron chi connectivity index (χ0n) is 11.3. The van der Waals surface area contributed by atoms with Crippen molar-refractivity contribution in [2.75, 3.05) is 13.2 Å². The molecule has 1 aliphatic heterocycles. The first-order chi connectivity index (χ1) is 9.65. The first-order valence-electron chi connectivity index (χ1n) is 6.34. The van der Waals surface area contributed by atoms with Crippen molar-refractivity contribution < 1.29 is 9.53 Å². The molecule has 1 heterocycles. The molecule has 5 heteroatoms. The Morgan fingerprint density at radius 2 is 2.10 bits per heavy atom. The van der Waals surface area contributed by atoms with E-state index in [2.05, 4.69) is 11.9 Å². The van der Waals surface area contributed by atoms with E-state index in [1.54, 1.807) is 12.2 Å². The fourth-order valence-corrected chi connectivity index (χ4v) is 2.16. The smallest absolute Gasteiger partial charge is 0.276 e. The van der Waals surface area contributed by atoms with E-state index in [0.717, 1.165) is 11.3 Å². The lowest BCUT2D eigenvalue weighted by molar-refractivity contribution is -0.122. The number of nitrogens with zero attached hydrogens (tertiary/aromatic N) is 1. The fraction of sp³-hybridized carbons (Fsp3) is 0.200. The predicted octanol–water partition coefficient (Wildman–Crippen LogP) is 2.33. The topological polar surface area (TPSA) is 41.6 Å². The molecule has 0 spiro atoms. The van der Waals surface area contributed by atoms with E-state index in [4.69, 9.17) is 17.0 Å². The number of rotatable bonds is 5. The number of hydrogen-bond acceptors (Lipinski definition) is 3. The second-order valence-corrected chi connectivity index (χ2v) is 4.59. The summed E-state index contributed by atoms with van der Waals surface area (Å²) >= 11 is 5.10. The number of amides is 1. The quantitative estimate of drug-likeness (QED) is 0.513. The van der Waals surface area contributed by atoms with Crippen LogP contribution in [0.1, 0.15) is 12.5 Å². The van der Waals surface area contributed by atoms with Gasteiger partial charge in [0.25, 0.3) is 5.91 Å². The molecule has 0 bridgehead atoms. The summed E-state index contributed by atoms with van der Waals surface area (Å²) < 4.78 is 5.40. The van der Waals surface area contributed by atoms with Gasteiger partial charge in [0.05, 0.1) is 0 Å². The van der Waals surface area contributed by atoms with Gasteiger partial charge in [-0.05, 0) is 42.9 Å². The lowest BCUT2D eigenvalue weighted by atomic mass is 10.2. The number of nitrogens with one attached hydrogen (secondary N) is 1. The summed E-state index contributed by atoms with van der Waals surface area (Å²) in [7, 11) is 0. The Morgan fingerprint density at radius 3 is 2.65 bits per heavy atom. The predicted molar refractivity (Wildman–Crippen MR) is 83.2 cm³/mol. The number of thiocarbonyl (C=S) groups is 1. The zero-order valence-corrected chi connectivity index (χ0v) is 12.1. The monoisotopic (exact) mass is 288 g/mol. The number of likely N-dealkylation sites (N-methyl/N-ethyl adjacent to an activating group) is 1. The first kappa shape index (κ1) is 14.3. The molecule has 1 fully saturated rings. The van der Waals surface area contributed by atoms with Crippen LogP contribution in [0.4, 0.5) is 0 Å². The van der Waals surface area contributed by atoms with Crippen molar-refractivity contribution >= 4 is 29.3 Å². The maximum absolute atomic E-state index is 12.0. The molecular weight excluding hydrogens is 272 g/mol. The van der Waals surface area contributed by atoms with Crippen LogP contribution in [-0.2, 0) is 4.79 Å². The van der Waals surface area contributed by atoms with Gasteiger partial charge in [0, 0.05) is 6.54 Å². The van der Waals surface area contributed by atoms with Crippen molar-refractivity contribution in [2.24, 2.45) is 0 Å². The van der Waals surface area contributed by atoms with Gasteiger partial charge in [-0.2, -0.15) is 0 Å². The summed E-state index contributed by atoms with van der Waals surface area (Å²) in [6.07, 6.45) is 3.47. The molecule has 0 atom stereocenters. The lowest BCUT2D eigenvalue weighted by Crippen LogP contribution is -2.30. The number of ether oxygens (including phenoxy) is 1. The van der Waals surface area contributed by atoms with Gasteiger partial charge in [0.2, 0.25) is 0 Å². The molecule has 0 unspecified atom stereocenters. The summed E-state index contributed by atoms with van der Waals surface area (Å²) in [6, 6.07) is 7.48. The Hall–Kier alpha value is -2.14. The van der Waals surface area contributed by atoms with Crippen molar-refractivity contribution in [3.63, 3.8) is 0 Å². The molecule has 1 N–H and O–H groups in total. The molecule has 0 radical (unpaired) electrons. The summed E-state index contributed by atoms with van der Waals surface area (Å²) in [5.74, 6) is 0.674. The first-order valence-corrected chi connectivity index (χ1v) is 6.75. The van der Waals surface area contributed by atoms with Crippen molar-refractivity contribution in [2.45, 2.75) is 6.92 Å². The zero-order chi connectivity index (χ0) is 14.5. The Morgan fingerprint density at radius 1 is 1.40 bits per heavy atom. The largest absolute Gasteiger partial charge is 0.490 e. The Labute approximate surface area is 123 Å². The highest BCUT2D eigenvalue weighted by atomic mass is 32.1. The molecule has 0 aromatic heterocycles. The van der Waals surface area contributed by atoms with Gasteiger partial charge in [-0.25, -0.2) is 0 Å². The van der Waals surface area contributed by atoms with Gasteiger partial charge in [0.1, 0.15) is 18.1 Å². The molecule has 1 amide bonds. The number of hydrogen-bond donors (Lipinski definition) is 1. The Balaban J connectivity index is 2.13. The van der Waals surface area contributed by atoms with Crippen molar-refractivity contribution in [3.05, 3.63) is 48.2 Å². The van der Waals surface area contributed by atoms with Crippen LogP contribution < -0.4 is 10.1 Å². The van der Waals surface area contributed by atoms with Crippen LogP contribution in [-0.4, -0.2) is 29.1 Å². The van der Waals surface area contributed by atoms with Crippen LogP contribution in [0.2, 0.25) is 0 Å². The molecule has 2 rings (SSSR count). The number of carbonyl (C=O) groups excluding carboxylic acids is 1. The van der Waals surface area contributed by atoms with E-state index in [9.17, 15) is 4.79 Å². The maximum Gasteiger partial charge on any atom is 0.276 e. The number of benzene rings is 1. The van der Waals surface area contributed by atoms with Gasteiger partial charge >= 0.3 is 0 Å². The minimum atomic E-state index is -0.0931. The maximum atomic E-state index is 12.0. The average molecular weight is 288 g/mol. The molecule has 4 nitrogen and oxygen atoms in total. The van der Waals surface area contributed by atoms with Crippen molar-refractivity contribution in [1.82, 2.24) is 10.2 Å². The molecule has 1 aliphatic rings. The molecule has 0 saturated carbocycles. The van der Waals surface area contributed by atoms with Crippen molar-refractivity contribution in [3.8, 4) is 5.75 Å². The average Bonchev–Trinajstić information content (AvgIpc) is 2.72. The SMILES string of the molecule is C=CCOc1ccc(/C=C2\NC(=S)N(CC)C2=O)cc1. The molecule has 0 aliphatic carbocycles.